The molecular weight excluding hydrogens is 361 g/mol. The van der Waals surface area contributed by atoms with Gasteiger partial charge in [0, 0.05) is 9.26 Å². The standard InChI is InChI=1S/C7H6INOS.CH3NOS.H3N/c8-5-1-3-6(4-2-5)9-7(10)11;2-1(3)4;/h1-4H,(H2,9,10,11);(H3,2,3,4);1H3. The molecular formula is C8H12IN3O2S2. The zero-order chi connectivity index (χ0) is 11.8. The van der Waals surface area contributed by atoms with Gasteiger partial charge in [0.25, 0.3) is 10.5 Å². The molecule has 90 valence electrons. The molecule has 0 aliphatic heterocycles. The highest BCUT2D eigenvalue weighted by molar-refractivity contribution is 14.1. The summed E-state index contributed by atoms with van der Waals surface area (Å²) in [6.45, 7) is 0. The molecule has 0 aliphatic rings. The van der Waals surface area contributed by atoms with Gasteiger partial charge in [0.2, 0.25) is 0 Å². The molecule has 8 heteroatoms. The molecule has 16 heavy (non-hydrogen) atoms. The average Bonchev–Trinajstić information content (AvgIpc) is 2.07. The maximum Gasteiger partial charge on any atom is 0.280 e. The van der Waals surface area contributed by atoms with E-state index in [-0.39, 0.29) is 11.4 Å². The highest BCUT2D eigenvalue weighted by Crippen LogP contribution is 2.11. The van der Waals surface area contributed by atoms with E-state index in [4.69, 9.17) is 4.79 Å². The molecule has 5 nitrogen and oxygen atoms in total. The Balaban J connectivity index is 0. The van der Waals surface area contributed by atoms with Gasteiger partial charge in [0.15, 0.2) is 0 Å². The van der Waals surface area contributed by atoms with Crippen LogP contribution in [0.15, 0.2) is 24.3 Å². The molecule has 0 aromatic heterocycles. The number of rotatable bonds is 1. The normalized spacial score (nSPS) is 7.94. The van der Waals surface area contributed by atoms with Crippen LogP contribution in [0.3, 0.4) is 0 Å². The van der Waals surface area contributed by atoms with E-state index in [1.807, 2.05) is 24.3 Å². The molecule has 0 saturated carbocycles. The minimum absolute atomic E-state index is 0. The van der Waals surface area contributed by atoms with Crippen molar-refractivity contribution in [1.29, 1.82) is 0 Å². The highest BCUT2D eigenvalue weighted by atomic mass is 127. The number of hydrogen-bond donors (Lipinski definition) is 5. The molecule has 1 aromatic carbocycles. The van der Waals surface area contributed by atoms with Crippen LogP contribution in [0.4, 0.5) is 15.3 Å². The van der Waals surface area contributed by atoms with Crippen LogP contribution in [0.1, 0.15) is 0 Å². The number of nitrogens with two attached hydrogens (primary N) is 1. The third-order valence-corrected chi connectivity index (χ3v) is 1.93. The van der Waals surface area contributed by atoms with Gasteiger partial charge in [-0.15, -0.1) is 0 Å². The lowest BCUT2D eigenvalue weighted by Crippen LogP contribution is -2.00. The second-order valence-corrected chi connectivity index (χ2v) is 4.37. The number of nitrogens with one attached hydrogen (secondary N) is 1. The van der Waals surface area contributed by atoms with Crippen LogP contribution in [-0.2, 0) is 0 Å². The number of thiol groups is 2. The van der Waals surface area contributed by atoms with E-state index in [0.29, 0.717) is 0 Å². The van der Waals surface area contributed by atoms with Crippen LogP contribution in [0.2, 0.25) is 0 Å². The molecule has 2 amide bonds. The second kappa shape index (κ2) is 9.75. The maximum atomic E-state index is 10.4. The van der Waals surface area contributed by atoms with Crippen molar-refractivity contribution in [3.8, 4) is 0 Å². The maximum absolute atomic E-state index is 10.4. The number of carbonyl (C=O) groups is 2. The van der Waals surface area contributed by atoms with Crippen molar-refractivity contribution in [1.82, 2.24) is 6.15 Å². The largest absolute Gasteiger partial charge is 0.361 e. The number of benzene rings is 1. The lowest BCUT2D eigenvalue weighted by atomic mass is 10.3. The van der Waals surface area contributed by atoms with E-state index in [2.05, 4.69) is 58.9 Å². The zero-order valence-corrected chi connectivity index (χ0v) is 12.1. The van der Waals surface area contributed by atoms with E-state index in [1.54, 1.807) is 0 Å². The van der Waals surface area contributed by atoms with E-state index in [9.17, 15) is 4.79 Å². The highest BCUT2D eigenvalue weighted by Gasteiger charge is 1.93. The van der Waals surface area contributed by atoms with Crippen LogP contribution in [0, 0.1) is 3.57 Å². The second-order valence-electron chi connectivity index (χ2n) is 2.28. The van der Waals surface area contributed by atoms with Gasteiger partial charge < -0.3 is 17.2 Å². The first kappa shape index (κ1) is 17.9. The monoisotopic (exact) mass is 373 g/mol. The molecule has 0 atom stereocenters. The zero-order valence-electron chi connectivity index (χ0n) is 8.18. The van der Waals surface area contributed by atoms with Crippen molar-refractivity contribution >= 4 is 64.0 Å². The van der Waals surface area contributed by atoms with E-state index >= 15 is 0 Å². The minimum atomic E-state index is -0.639. The molecule has 0 fully saturated rings. The molecule has 0 spiro atoms. The van der Waals surface area contributed by atoms with Gasteiger partial charge in [0.05, 0.1) is 0 Å². The Morgan fingerprint density at radius 1 is 1.19 bits per heavy atom. The van der Waals surface area contributed by atoms with Crippen molar-refractivity contribution in [3.05, 3.63) is 27.8 Å². The summed E-state index contributed by atoms with van der Waals surface area (Å²) in [6, 6.07) is 7.49. The number of primary amides is 1. The van der Waals surface area contributed by atoms with Crippen molar-refractivity contribution in [2.75, 3.05) is 5.32 Å². The fraction of sp³-hybridized carbons (Fsp3) is 0. The fourth-order valence-electron chi connectivity index (χ4n) is 0.657. The Morgan fingerprint density at radius 2 is 1.56 bits per heavy atom. The summed E-state index contributed by atoms with van der Waals surface area (Å²) in [5.41, 5.74) is 5.11. The third kappa shape index (κ3) is 11.6. The molecule has 0 saturated heterocycles. The van der Waals surface area contributed by atoms with Crippen molar-refractivity contribution in [2.45, 2.75) is 0 Å². The molecule has 0 unspecified atom stereocenters. The van der Waals surface area contributed by atoms with Crippen LogP contribution in [-0.4, -0.2) is 10.5 Å². The lowest BCUT2D eigenvalue weighted by Gasteiger charge is -1.99. The SMILES string of the molecule is N.NC(=O)S.O=C(S)Nc1ccc(I)cc1. The van der Waals surface area contributed by atoms with Gasteiger partial charge in [-0.25, -0.2) is 0 Å². The number of carbonyl (C=O) groups excluding carboxylic acids is 2. The van der Waals surface area contributed by atoms with E-state index in [0.717, 1.165) is 9.26 Å². The molecule has 0 radical (unpaired) electrons. The summed E-state index contributed by atoms with van der Waals surface area (Å²) in [4.78, 5) is 19.5. The molecule has 0 bridgehead atoms. The summed E-state index contributed by atoms with van der Waals surface area (Å²) in [5, 5.41) is 1.57. The fourth-order valence-corrected chi connectivity index (χ4v) is 1.15. The predicted molar refractivity (Wildman–Crippen MR) is 80.8 cm³/mol. The molecule has 1 aromatic rings. The summed E-state index contributed by atoms with van der Waals surface area (Å²) in [7, 11) is 0. The summed E-state index contributed by atoms with van der Waals surface area (Å²) in [5.74, 6) is 0. The van der Waals surface area contributed by atoms with Gasteiger partial charge in [-0.3, -0.25) is 9.59 Å². The van der Waals surface area contributed by atoms with E-state index < -0.39 is 5.24 Å². The Hall–Kier alpha value is -0.450. The first-order valence-corrected chi connectivity index (χ1v) is 5.63. The van der Waals surface area contributed by atoms with Crippen molar-refractivity contribution < 1.29 is 9.59 Å². The van der Waals surface area contributed by atoms with Gasteiger partial charge in [-0.1, -0.05) is 25.3 Å². The van der Waals surface area contributed by atoms with Crippen LogP contribution < -0.4 is 17.2 Å². The van der Waals surface area contributed by atoms with Gasteiger partial charge in [0.1, 0.15) is 0 Å². The third-order valence-electron chi connectivity index (χ3n) is 1.10. The van der Waals surface area contributed by atoms with Crippen LogP contribution >= 0.6 is 47.8 Å². The van der Waals surface area contributed by atoms with Crippen molar-refractivity contribution in [3.63, 3.8) is 0 Å². The van der Waals surface area contributed by atoms with Crippen LogP contribution in [0.25, 0.3) is 0 Å². The predicted octanol–water partition coefficient (Wildman–Crippen LogP) is 2.91. The average molecular weight is 373 g/mol. The Morgan fingerprint density at radius 3 is 1.88 bits per heavy atom. The summed E-state index contributed by atoms with van der Waals surface area (Å²) < 4.78 is 1.14. The molecule has 0 aliphatic carbocycles. The Bertz CT molecular complexity index is 342. The summed E-state index contributed by atoms with van der Waals surface area (Å²) in [6.07, 6.45) is 0. The quantitative estimate of drug-likeness (QED) is 0.386. The first-order valence-electron chi connectivity index (χ1n) is 3.65. The topological polar surface area (TPSA) is 107 Å². The lowest BCUT2D eigenvalue weighted by molar-refractivity contribution is 0.267. The van der Waals surface area contributed by atoms with Gasteiger partial charge in [-0.2, -0.15) is 0 Å². The molecule has 0 heterocycles. The smallest absolute Gasteiger partial charge is 0.280 e. The van der Waals surface area contributed by atoms with Gasteiger partial charge >= 0.3 is 0 Å². The first-order chi connectivity index (χ1) is 6.91. The van der Waals surface area contributed by atoms with E-state index in [1.165, 1.54) is 0 Å². The number of halogens is 1. The summed E-state index contributed by atoms with van der Waals surface area (Å²) >= 11 is 8.89. The van der Waals surface area contributed by atoms with Gasteiger partial charge in [-0.05, 0) is 46.9 Å². The Kier molecular flexibility index (Phi) is 10.9. The number of hydrogen-bond acceptors (Lipinski definition) is 3. The Labute approximate surface area is 118 Å². The van der Waals surface area contributed by atoms with Crippen molar-refractivity contribution in [2.24, 2.45) is 5.73 Å². The number of amides is 2. The molecule has 6 N–H and O–H groups in total. The minimum Gasteiger partial charge on any atom is -0.361 e. The number of anilines is 1. The molecule has 1 rings (SSSR count). The van der Waals surface area contributed by atoms with Crippen LogP contribution in [0.5, 0.6) is 0 Å².